The summed E-state index contributed by atoms with van der Waals surface area (Å²) in [4.78, 5) is 36.3. The monoisotopic (exact) mass is 464 g/mol. The zero-order valence-corrected chi connectivity index (χ0v) is 18.8. The van der Waals surface area contributed by atoms with Gasteiger partial charge in [-0.15, -0.1) is 0 Å². The van der Waals surface area contributed by atoms with Crippen molar-refractivity contribution in [3.05, 3.63) is 71.8 Å². The number of rotatable bonds is 7. The summed E-state index contributed by atoms with van der Waals surface area (Å²) in [5.74, 6) is -2.35. The van der Waals surface area contributed by atoms with E-state index in [9.17, 15) is 24.6 Å². The highest BCUT2D eigenvalue weighted by Crippen LogP contribution is 2.44. The number of aliphatic carboxylic acids is 1. The number of carboxylic acid groups (broad SMARTS) is 1. The van der Waals surface area contributed by atoms with Gasteiger partial charge < -0.3 is 25.6 Å². The first kappa shape index (κ1) is 23.5. The molecule has 0 saturated carbocycles. The van der Waals surface area contributed by atoms with E-state index in [0.717, 1.165) is 22.3 Å². The Morgan fingerprint density at radius 3 is 2.26 bits per heavy atom. The summed E-state index contributed by atoms with van der Waals surface area (Å²) in [6.45, 7) is 1.50. The Bertz CT molecular complexity index is 1070. The molecule has 2 aromatic carbocycles. The number of hydrogen-bond donors (Lipinski definition) is 4. The summed E-state index contributed by atoms with van der Waals surface area (Å²) in [6.07, 6.45) is 2.49. The number of aliphatic hydroxyl groups is 1. The van der Waals surface area contributed by atoms with Gasteiger partial charge in [-0.3, -0.25) is 4.79 Å². The molecule has 178 valence electrons. The Morgan fingerprint density at radius 1 is 1.06 bits per heavy atom. The fourth-order valence-electron chi connectivity index (χ4n) is 4.66. The number of carbonyl (C=O) groups excluding carboxylic acids is 2. The lowest BCUT2D eigenvalue weighted by Gasteiger charge is -2.26. The molecule has 2 aliphatic carbocycles. The number of amides is 2. The van der Waals surface area contributed by atoms with Crippen molar-refractivity contribution in [2.45, 2.75) is 43.9 Å². The number of benzene rings is 2. The van der Waals surface area contributed by atoms with E-state index in [4.69, 9.17) is 4.74 Å². The predicted molar refractivity (Wildman–Crippen MR) is 125 cm³/mol. The summed E-state index contributed by atoms with van der Waals surface area (Å²) in [5.41, 5.74) is 4.54. The Morgan fingerprint density at radius 2 is 1.68 bits per heavy atom. The van der Waals surface area contributed by atoms with Crippen molar-refractivity contribution >= 4 is 18.0 Å². The summed E-state index contributed by atoms with van der Waals surface area (Å²) in [6, 6.07) is 14.4. The SMILES string of the molecule is C[C@@H](O)[C@H](NC(=O)C1CC=CC(NC(=O)OCC2c3ccccc3-c3ccccc32)C1)C(=O)O. The van der Waals surface area contributed by atoms with Crippen molar-refractivity contribution in [1.82, 2.24) is 10.6 Å². The van der Waals surface area contributed by atoms with Crippen LogP contribution in [-0.4, -0.2) is 53.0 Å². The van der Waals surface area contributed by atoms with Gasteiger partial charge in [-0.05, 0) is 42.0 Å². The van der Waals surface area contributed by atoms with E-state index in [1.165, 1.54) is 6.92 Å². The van der Waals surface area contributed by atoms with Gasteiger partial charge in [0, 0.05) is 11.8 Å². The van der Waals surface area contributed by atoms with Gasteiger partial charge in [0.05, 0.1) is 12.1 Å². The van der Waals surface area contributed by atoms with Crippen LogP contribution >= 0.6 is 0 Å². The van der Waals surface area contributed by atoms with E-state index in [-0.39, 0.29) is 12.5 Å². The number of allylic oxidation sites excluding steroid dienone is 1. The fraction of sp³-hybridized carbons (Fsp3) is 0.346. The molecule has 34 heavy (non-hydrogen) atoms. The van der Waals surface area contributed by atoms with Gasteiger partial charge in [-0.2, -0.15) is 0 Å². The molecule has 0 bridgehead atoms. The highest BCUT2D eigenvalue weighted by molar-refractivity contribution is 5.85. The van der Waals surface area contributed by atoms with E-state index < -0.39 is 42.1 Å². The van der Waals surface area contributed by atoms with Crippen molar-refractivity contribution in [2.24, 2.45) is 5.92 Å². The highest BCUT2D eigenvalue weighted by atomic mass is 16.5. The van der Waals surface area contributed by atoms with Crippen LogP contribution in [0.4, 0.5) is 4.79 Å². The van der Waals surface area contributed by atoms with Crippen LogP contribution in [0.25, 0.3) is 11.1 Å². The van der Waals surface area contributed by atoms with Crippen LogP contribution in [0, 0.1) is 5.92 Å². The minimum Gasteiger partial charge on any atom is -0.480 e. The molecule has 4 atom stereocenters. The van der Waals surface area contributed by atoms with Gasteiger partial charge in [0.2, 0.25) is 5.91 Å². The molecule has 0 radical (unpaired) electrons. The number of carbonyl (C=O) groups is 3. The topological polar surface area (TPSA) is 125 Å². The molecular weight excluding hydrogens is 436 g/mol. The molecule has 2 unspecified atom stereocenters. The minimum absolute atomic E-state index is 0.0491. The number of nitrogens with one attached hydrogen (secondary N) is 2. The smallest absolute Gasteiger partial charge is 0.407 e. The molecule has 8 heteroatoms. The number of hydrogen-bond acceptors (Lipinski definition) is 5. The summed E-state index contributed by atoms with van der Waals surface area (Å²) in [7, 11) is 0. The maximum absolute atomic E-state index is 12.5. The normalized spacial score (nSPS) is 20.5. The van der Waals surface area contributed by atoms with E-state index in [1.54, 1.807) is 12.2 Å². The molecular formula is C26H28N2O6. The molecule has 2 amide bonds. The zero-order valence-electron chi connectivity index (χ0n) is 18.8. The zero-order chi connectivity index (χ0) is 24.2. The number of alkyl carbamates (subject to hydrolysis) is 1. The van der Waals surface area contributed by atoms with Crippen LogP contribution < -0.4 is 10.6 Å². The minimum atomic E-state index is -1.38. The van der Waals surface area contributed by atoms with Gasteiger partial charge in [0.15, 0.2) is 6.04 Å². The Hall–Kier alpha value is -3.65. The third-order valence-electron chi connectivity index (χ3n) is 6.39. The lowest BCUT2D eigenvalue weighted by Crippen LogP contribution is -2.50. The Balaban J connectivity index is 1.33. The van der Waals surface area contributed by atoms with Crippen LogP contribution in [-0.2, 0) is 14.3 Å². The molecule has 0 heterocycles. The summed E-state index contributed by atoms with van der Waals surface area (Å²) >= 11 is 0. The number of ether oxygens (including phenoxy) is 1. The lowest BCUT2D eigenvalue weighted by molar-refractivity contribution is -0.145. The highest BCUT2D eigenvalue weighted by Gasteiger charge is 2.32. The van der Waals surface area contributed by atoms with Crippen molar-refractivity contribution in [3.8, 4) is 11.1 Å². The maximum Gasteiger partial charge on any atom is 0.407 e. The van der Waals surface area contributed by atoms with Gasteiger partial charge in [-0.25, -0.2) is 9.59 Å². The number of carboxylic acids is 1. The quantitative estimate of drug-likeness (QED) is 0.467. The number of fused-ring (bicyclic) bond motifs is 3. The Kier molecular flexibility index (Phi) is 6.98. The Labute approximate surface area is 197 Å². The standard InChI is InChI=1S/C26H28N2O6/c1-15(29)23(25(31)32)28-24(30)16-7-6-8-17(13-16)27-26(33)34-14-22-20-11-4-2-9-18(20)19-10-3-5-12-21(19)22/h2-6,8-12,15-17,22-23,29H,7,13-14H2,1H3,(H,27,33)(H,28,30)(H,31,32)/t15-,16?,17?,23+/m1/s1. The van der Waals surface area contributed by atoms with Crippen molar-refractivity contribution in [1.29, 1.82) is 0 Å². The van der Waals surface area contributed by atoms with Gasteiger partial charge in [0.25, 0.3) is 0 Å². The van der Waals surface area contributed by atoms with Crippen molar-refractivity contribution < 1.29 is 29.3 Å². The van der Waals surface area contributed by atoms with Crippen LogP contribution in [0.1, 0.15) is 36.8 Å². The molecule has 2 aromatic rings. The van der Waals surface area contributed by atoms with Crippen LogP contribution in [0.15, 0.2) is 60.7 Å². The second-order valence-corrected chi connectivity index (χ2v) is 8.74. The maximum atomic E-state index is 12.5. The molecule has 8 nitrogen and oxygen atoms in total. The molecule has 0 spiro atoms. The molecule has 2 aliphatic rings. The average molecular weight is 465 g/mol. The van der Waals surface area contributed by atoms with E-state index in [1.807, 2.05) is 36.4 Å². The second kappa shape index (κ2) is 10.1. The van der Waals surface area contributed by atoms with Crippen LogP contribution in [0.3, 0.4) is 0 Å². The van der Waals surface area contributed by atoms with E-state index in [2.05, 4.69) is 22.8 Å². The number of aliphatic hydroxyl groups excluding tert-OH is 1. The third kappa shape index (κ3) is 4.97. The first-order chi connectivity index (χ1) is 16.3. The van der Waals surface area contributed by atoms with Crippen molar-refractivity contribution in [3.63, 3.8) is 0 Å². The molecule has 4 N–H and O–H groups in total. The predicted octanol–water partition coefficient (Wildman–Crippen LogP) is 2.81. The van der Waals surface area contributed by atoms with Gasteiger partial charge in [0.1, 0.15) is 6.61 Å². The van der Waals surface area contributed by atoms with E-state index in [0.29, 0.717) is 12.8 Å². The molecule has 0 aliphatic heterocycles. The van der Waals surface area contributed by atoms with Crippen LogP contribution in [0.5, 0.6) is 0 Å². The van der Waals surface area contributed by atoms with Gasteiger partial charge in [-0.1, -0.05) is 60.7 Å². The first-order valence-electron chi connectivity index (χ1n) is 11.3. The summed E-state index contributed by atoms with van der Waals surface area (Å²) < 4.78 is 5.57. The first-order valence-corrected chi connectivity index (χ1v) is 11.3. The molecule has 0 aromatic heterocycles. The largest absolute Gasteiger partial charge is 0.480 e. The molecule has 4 rings (SSSR count). The fourth-order valence-corrected chi connectivity index (χ4v) is 4.66. The van der Waals surface area contributed by atoms with Crippen LogP contribution in [0.2, 0.25) is 0 Å². The van der Waals surface area contributed by atoms with E-state index >= 15 is 0 Å². The van der Waals surface area contributed by atoms with Gasteiger partial charge >= 0.3 is 12.1 Å². The lowest BCUT2D eigenvalue weighted by atomic mass is 9.90. The average Bonchev–Trinajstić information content (AvgIpc) is 3.14. The second-order valence-electron chi connectivity index (χ2n) is 8.74. The molecule has 0 fully saturated rings. The third-order valence-corrected chi connectivity index (χ3v) is 6.39. The van der Waals surface area contributed by atoms with Crippen molar-refractivity contribution in [2.75, 3.05) is 6.61 Å². The summed E-state index contributed by atoms with van der Waals surface area (Å²) in [5, 5.41) is 23.9. The molecule has 0 saturated heterocycles.